The molecule has 0 bridgehead atoms. The minimum absolute atomic E-state index is 0.0139. The van der Waals surface area contributed by atoms with Crippen molar-refractivity contribution in [3.63, 3.8) is 0 Å². The Hall–Kier alpha value is -1.94. The fourth-order valence-electron chi connectivity index (χ4n) is 2.85. The number of nitro groups is 1. The summed E-state index contributed by atoms with van der Waals surface area (Å²) < 4.78 is 33.1. The van der Waals surface area contributed by atoms with Gasteiger partial charge in [0.15, 0.2) is 0 Å². The minimum atomic E-state index is -3.76. The Morgan fingerprint density at radius 3 is 2.30 bits per heavy atom. The summed E-state index contributed by atoms with van der Waals surface area (Å²) in [5, 5.41) is 10.7. The van der Waals surface area contributed by atoms with Crippen molar-refractivity contribution in [1.29, 1.82) is 0 Å². The molecule has 2 aromatic carbocycles. The van der Waals surface area contributed by atoms with E-state index in [4.69, 9.17) is 4.74 Å². The summed E-state index contributed by atoms with van der Waals surface area (Å²) in [6, 6.07) is 14.8. The third-order valence-corrected chi connectivity index (χ3v) is 7.33. The third-order valence-electron chi connectivity index (χ3n) is 4.42. The SMILES string of the molecule is O=[N+]([O-])c1ccc(S(=O)(=O)NCC2(Sc3ccccc3)CCOCC2)cc1. The summed E-state index contributed by atoms with van der Waals surface area (Å²) in [6.45, 7) is 1.42. The van der Waals surface area contributed by atoms with Crippen LogP contribution in [-0.2, 0) is 14.8 Å². The molecule has 0 unspecified atom stereocenters. The number of thioether (sulfide) groups is 1. The smallest absolute Gasteiger partial charge is 0.269 e. The molecule has 144 valence electrons. The average molecular weight is 409 g/mol. The maximum Gasteiger partial charge on any atom is 0.269 e. The van der Waals surface area contributed by atoms with E-state index in [0.29, 0.717) is 13.2 Å². The second-order valence-electron chi connectivity index (χ2n) is 6.29. The van der Waals surface area contributed by atoms with Gasteiger partial charge in [-0.3, -0.25) is 10.1 Å². The molecule has 0 aromatic heterocycles. The van der Waals surface area contributed by atoms with Gasteiger partial charge in [-0.25, -0.2) is 13.1 Å². The minimum Gasteiger partial charge on any atom is -0.381 e. The molecule has 9 heteroatoms. The van der Waals surface area contributed by atoms with Gasteiger partial charge in [-0.1, -0.05) is 18.2 Å². The van der Waals surface area contributed by atoms with Crippen LogP contribution in [0.1, 0.15) is 12.8 Å². The first-order valence-corrected chi connectivity index (χ1v) is 10.8. The lowest BCUT2D eigenvalue weighted by atomic mass is 9.99. The predicted molar refractivity (Wildman–Crippen MR) is 103 cm³/mol. The van der Waals surface area contributed by atoms with Crippen molar-refractivity contribution in [2.75, 3.05) is 19.8 Å². The first-order valence-electron chi connectivity index (χ1n) is 8.46. The van der Waals surface area contributed by atoms with E-state index in [1.807, 2.05) is 30.3 Å². The molecule has 1 N–H and O–H groups in total. The number of benzene rings is 2. The van der Waals surface area contributed by atoms with Crippen LogP contribution in [0, 0.1) is 10.1 Å². The zero-order valence-electron chi connectivity index (χ0n) is 14.5. The molecule has 0 saturated carbocycles. The molecule has 0 spiro atoms. The van der Waals surface area contributed by atoms with Gasteiger partial charge in [0.2, 0.25) is 10.0 Å². The molecule has 0 aliphatic carbocycles. The standard InChI is InChI=1S/C18H20N2O5S2/c21-20(22)15-6-8-17(9-7-15)27(23,24)19-14-18(10-12-25-13-11-18)26-16-4-2-1-3-5-16/h1-9,19H,10-14H2. The first kappa shape index (κ1) is 19.8. The van der Waals surface area contributed by atoms with E-state index in [-0.39, 0.29) is 21.9 Å². The molecule has 1 saturated heterocycles. The number of nitrogens with zero attached hydrogens (tertiary/aromatic N) is 1. The molecule has 2 aromatic rings. The Morgan fingerprint density at radius 2 is 1.70 bits per heavy atom. The van der Waals surface area contributed by atoms with Crippen molar-refractivity contribution < 1.29 is 18.1 Å². The van der Waals surface area contributed by atoms with Gasteiger partial charge >= 0.3 is 0 Å². The van der Waals surface area contributed by atoms with Crippen molar-refractivity contribution in [2.45, 2.75) is 27.4 Å². The summed E-state index contributed by atoms with van der Waals surface area (Å²) in [5.41, 5.74) is -0.144. The van der Waals surface area contributed by atoms with E-state index >= 15 is 0 Å². The number of hydrogen-bond acceptors (Lipinski definition) is 6. The lowest BCUT2D eigenvalue weighted by Gasteiger charge is -2.36. The van der Waals surface area contributed by atoms with E-state index in [2.05, 4.69) is 4.72 Å². The number of nitro benzene ring substituents is 1. The lowest BCUT2D eigenvalue weighted by molar-refractivity contribution is -0.384. The maximum atomic E-state index is 12.6. The molecule has 1 heterocycles. The first-order chi connectivity index (χ1) is 12.9. The van der Waals surface area contributed by atoms with E-state index in [0.717, 1.165) is 17.7 Å². The molecule has 1 fully saturated rings. The maximum absolute atomic E-state index is 12.6. The second kappa shape index (κ2) is 8.39. The topological polar surface area (TPSA) is 98.5 Å². The van der Waals surface area contributed by atoms with Crippen LogP contribution in [0.3, 0.4) is 0 Å². The second-order valence-corrected chi connectivity index (χ2v) is 9.59. The summed E-state index contributed by atoms with van der Waals surface area (Å²) in [6.07, 6.45) is 1.46. The molecule has 1 aliphatic rings. The molecule has 3 rings (SSSR count). The largest absolute Gasteiger partial charge is 0.381 e. The van der Waals surface area contributed by atoms with Crippen molar-refractivity contribution in [1.82, 2.24) is 4.72 Å². The van der Waals surface area contributed by atoms with E-state index in [1.54, 1.807) is 11.8 Å². The van der Waals surface area contributed by atoms with Gasteiger partial charge in [-0.15, -0.1) is 11.8 Å². The summed E-state index contributed by atoms with van der Waals surface area (Å²) in [5.74, 6) is 0. The fourth-order valence-corrected chi connectivity index (χ4v) is 5.38. The number of non-ortho nitro benzene ring substituents is 1. The summed E-state index contributed by atoms with van der Waals surface area (Å²) in [7, 11) is -3.76. The highest BCUT2D eigenvalue weighted by Gasteiger charge is 2.35. The molecule has 1 aliphatic heterocycles. The number of sulfonamides is 1. The number of ether oxygens (including phenoxy) is 1. The summed E-state index contributed by atoms with van der Waals surface area (Å²) in [4.78, 5) is 11.3. The van der Waals surface area contributed by atoms with Crippen LogP contribution in [0.25, 0.3) is 0 Å². The van der Waals surface area contributed by atoms with E-state index in [1.165, 1.54) is 24.3 Å². The Labute approximate surface area is 162 Å². The Morgan fingerprint density at radius 1 is 1.07 bits per heavy atom. The molecule has 7 nitrogen and oxygen atoms in total. The van der Waals surface area contributed by atoms with E-state index in [9.17, 15) is 18.5 Å². The average Bonchev–Trinajstić information content (AvgIpc) is 2.68. The monoisotopic (exact) mass is 408 g/mol. The summed E-state index contributed by atoms with van der Waals surface area (Å²) >= 11 is 1.66. The molecule has 0 radical (unpaired) electrons. The van der Waals surface area contributed by atoms with Gasteiger partial charge in [0.05, 0.1) is 9.82 Å². The van der Waals surface area contributed by atoms with Crippen LogP contribution in [0.5, 0.6) is 0 Å². The predicted octanol–water partition coefficient (Wildman–Crippen LogP) is 3.21. The molecule has 0 atom stereocenters. The molecular weight excluding hydrogens is 388 g/mol. The molecular formula is C18H20N2O5S2. The molecule has 0 amide bonds. The zero-order valence-corrected chi connectivity index (χ0v) is 16.2. The van der Waals surface area contributed by atoms with Crippen LogP contribution >= 0.6 is 11.8 Å². The van der Waals surface area contributed by atoms with Crippen molar-refractivity contribution in [2.24, 2.45) is 0 Å². The normalized spacial score (nSPS) is 16.7. The quantitative estimate of drug-likeness (QED) is 0.558. The highest BCUT2D eigenvalue weighted by molar-refractivity contribution is 8.00. The van der Waals surface area contributed by atoms with Crippen molar-refractivity contribution in [3.8, 4) is 0 Å². The van der Waals surface area contributed by atoms with Crippen LogP contribution in [0.2, 0.25) is 0 Å². The van der Waals surface area contributed by atoms with Crippen LogP contribution in [-0.4, -0.2) is 37.8 Å². The van der Waals surface area contributed by atoms with Crippen LogP contribution in [0.4, 0.5) is 5.69 Å². The van der Waals surface area contributed by atoms with Crippen LogP contribution in [0.15, 0.2) is 64.4 Å². The van der Waals surface area contributed by atoms with Gasteiger partial charge in [-0.2, -0.15) is 0 Å². The van der Waals surface area contributed by atoms with Crippen LogP contribution < -0.4 is 4.72 Å². The highest BCUT2D eigenvalue weighted by Crippen LogP contribution is 2.40. The Kier molecular flexibility index (Phi) is 6.15. The van der Waals surface area contributed by atoms with Crippen molar-refractivity contribution in [3.05, 3.63) is 64.7 Å². The Bertz CT molecular complexity index is 880. The van der Waals surface area contributed by atoms with Gasteiger partial charge < -0.3 is 4.74 Å². The van der Waals surface area contributed by atoms with Gasteiger partial charge in [0.1, 0.15) is 0 Å². The van der Waals surface area contributed by atoms with Crippen molar-refractivity contribution >= 4 is 27.5 Å². The van der Waals surface area contributed by atoms with Gasteiger partial charge in [-0.05, 0) is 37.1 Å². The zero-order chi connectivity index (χ0) is 19.3. The Balaban J connectivity index is 1.75. The number of rotatable bonds is 7. The molecule has 27 heavy (non-hydrogen) atoms. The van der Waals surface area contributed by atoms with Gasteiger partial charge in [0, 0.05) is 41.5 Å². The number of hydrogen-bond donors (Lipinski definition) is 1. The fraction of sp³-hybridized carbons (Fsp3) is 0.333. The lowest BCUT2D eigenvalue weighted by Crippen LogP contribution is -2.44. The highest BCUT2D eigenvalue weighted by atomic mass is 32.2. The van der Waals surface area contributed by atoms with Gasteiger partial charge in [0.25, 0.3) is 5.69 Å². The number of nitrogens with one attached hydrogen (secondary N) is 1. The third kappa shape index (κ3) is 5.07. The van der Waals surface area contributed by atoms with E-state index < -0.39 is 14.9 Å².